The van der Waals surface area contributed by atoms with Gasteiger partial charge in [0.1, 0.15) is 0 Å². The number of nitrogens with zero attached hydrogens (tertiary/aromatic N) is 3. The van der Waals surface area contributed by atoms with Crippen LogP contribution in [0.4, 0.5) is 0 Å². The van der Waals surface area contributed by atoms with Crippen molar-refractivity contribution in [3.8, 4) is 5.69 Å². The molecule has 0 aliphatic carbocycles. The Morgan fingerprint density at radius 2 is 2.00 bits per heavy atom. The summed E-state index contributed by atoms with van der Waals surface area (Å²) in [6.45, 7) is 3.94. The van der Waals surface area contributed by atoms with Gasteiger partial charge >= 0.3 is 0 Å². The Morgan fingerprint density at radius 1 is 1.17 bits per heavy atom. The van der Waals surface area contributed by atoms with Crippen LogP contribution in [-0.2, 0) is 0 Å². The van der Waals surface area contributed by atoms with Gasteiger partial charge in [0.15, 0.2) is 0 Å². The molecule has 1 N–H and O–H groups in total. The van der Waals surface area contributed by atoms with Crippen molar-refractivity contribution in [2.45, 2.75) is 25.7 Å². The van der Waals surface area contributed by atoms with Crippen molar-refractivity contribution >= 4 is 5.91 Å². The summed E-state index contributed by atoms with van der Waals surface area (Å²) in [6.07, 6.45) is 10.2. The lowest BCUT2D eigenvalue weighted by Crippen LogP contribution is -2.52. The number of amides is 1. The first-order valence-corrected chi connectivity index (χ1v) is 8.84. The Labute approximate surface area is 142 Å². The van der Waals surface area contributed by atoms with Crippen LogP contribution in [0.5, 0.6) is 0 Å². The van der Waals surface area contributed by atoms with Gasteiger partial charge in [-0.2, -0.15) is 0 Å². The summed E-state index contributed by atoms with van der Waals surface area (Å²) in [5, 5.41) is 3.52. The average molecular weight is 324 g/mol. The van der Waals surface area contributed by atoms with E-state index in [9.17, 15) is 4.79 Å². The van der Waals surface area contributed by atoms with E-state index in [2.05, 4.69) is 15.2 Å². The number of imidazole rings is 1. The third kappa shape index (κ3) is 2.96. The molecule has 1 aromatic carbocycles. The molecular weight excluding hydrogens is 300 g/mol. The number of aromatic nitrogens is 2. The quantitative estimate of drug-likeness (QED) is 0.923. The van der Waals surface area contributed by atoms with E-state index >= 15 is 0 Å². The minimum atomic E-state index is 0.164. The molecule has 3 heterocycles. The molecule has 1 spiro atoms. The monoisotopic (exact) mass is 324 g/mol. The summed E-state index contributed by atoms with van der Waals surface area (Å²) in [7, 11) is 0. The summed E-state index contributed by atoms with van der Waals surface area (Å²) in [6, 6.07) is 7.82. The van der Waals surface area contributed by atoms with Crippen LogP contribution in [0.3, 0.4) is 0 Å². The van der Waals surface area contributed by atoms with Crippen LogP contribution in [0.25, 0.3) is 5.69 Å². The first-order chi connectivity index (χ1) is 11.8. The Kier molecular flexibility index (Phi) is 4.10. The molecule has 2 aromatic rings. The van der Waals surface area contributed by atoms with Crippen molar-refractivity contribution in [3.05, 3.63) is 48.5 Å². The third-order valence-corrected chi connectivity index (χ3v) is 5.43. The maximum absolute atomic E-state index is 12.9. The smallest absolute Gasteiger partial charge is 0.253 e. The van der Waals surface area contributed by atoms with E-state index in [1.54, 1.807) is 12.5 Å². The lowest BCUT2D eigenvalue weighted by molar-refractivity contribution is 0.0434. The fourth-order valence-corrected chi connectivity index (χ4v) is 4.13. The van der Waals surface area contributed by atoms with Gasteiger partial charge in [0, 0.05) is 48.7 Å². The third-order valence-electron chi connectivity index (χ3n) is 5.43. The van der Waals surface area contributed by atoms with E-state index in [0.29, 0.717) is 5.41 Å². The lowest BCUT2D eigenvalue weighted by atomic mass is 9.74. The molecular formula is C19H24N4O. The molecule has 126 valence electrons. The fourth-order valence-electron chi connectivity index (χ4n) is 4.13. The van der Waals surface area contributed by atoms with Crippen LogP contribution < -0.4 is 5.32 Å². The van der Waals surface area contributed by atoms with E-state index in [1.807, 2.05) is 35.0 Å². The van der Waals surface area contributed by atoms with Gasteiger partial charge in [0.2, 0.25) is 0 Å². The maximum atomic E-state index is 12.9. The summed E-state index contributed by atoms with van der Waals surface area (Å²) >= 11 is 0. The number of likely N-dealkylation sites (tertiary alicyclic amines) is 1. The Hall–Kier alpha value is -2.14. The first-order valence-electron chi connectivity index (χ1n) is 8.84. The molecule has 5 nitrogen and oxygen atoms in total. The van der Waals surface area contributed by atoms with Gasteiger partial charge < -0.3 is 14.8 Å². The number of rotatable bonds is 2. The predicted octanol–water partition coefficient (Wildman–Crippen LogP) is 2.48. The zero-order chi connectivity index (χ0) is 16.4. The van der Waals surface area contributed by atoms with Crippen LogP contribution in [-0.4, -0.2) is 46.5 Å². The highest BCUT2D eigenvalue weighted by Gasteiger charge is 2.38. The number of hydrogen-bond acceptors (Lipinski definition) is 3. The van der Waals surface area contributed by atoms with Gasteiger partial charge in [-0.15, -0.1) is 0 Å². The summed E-state index contributed by atoms with van der Waals surface area (Å²) < 4.78 is 1.94. The minimum absolute atomic E-state index is 0.164. The van der Waals surface area contributed by atoms with Gasteiger partial charge in [-0.25, -0.2) is 4.98 Å². The van der Waals surface area contributed by atoms with Crippen LogP contribution >= 0.6 is 0 Å². The van der Waals surface area contributed by atoms with Crippen molar-refractivity contribution in [2.24, 2.45) is 5.41 Å². The molecule has 5 heteroatoms. The number of piperidine rings is 2. The zero-order valence-electron chi connectivity index (χ0n) is 13.9. The predicted molar refractivity (Wildman–Crippen MR) is 93.2 cm³/mol. The molecule has 4 rings (SSSR count). The summed E-state index contributed by atoms with van der Waals surface area (Å²) in [4.78, 5) is 19.0. The molecule has 0 saturated carbocycles. The zero-order valence-corrected chi connectivity index (χ0v) is 13.9. The van der Waals surface area contributed by atoms with E-state index in [0.717, 1.165) is 43.9 Å². The normalized spacial score (nSPS) is 24.2. The molecule has 2 aliphatic heterocycles. The summed E-state index contributed by atoms with van der Waals surface area (Å²) in [5.74, 6) is 0.164. The van der Waals surface area contributed by atoms with Crippen LogP contribution in [0.1, 0.15) is 36.0 Å². The highest BCUT2D eigenvalue weighted by molar-refractivity contribution is 5.94. The first kappa shape index (κ1) is 15.4. The van der Waals surface area contributed by atoms with Gasteiger partial charge in [-0.05, 0) is 56.5 Å². The number of carbonyl (C=O) groups excluding carboxylic acids is 1. The molecule has 1 aromatic heterocycles. The van der Waals surface area contributed by atoms with Crippen molar-refractivity contribution in [1.82, 2.24) is 19.8 Å². The highest BCUT2D eigenvalue weighted by Crippen LogP contribution is 2.36. The van der Waals surface area contributed by atoms with Gasteiger partial charge in [0.25, 0.3) is 5.91 Å². The number of carbonyl (C=O) groups is 1. The van der Waals surface area contributed by atoms with E-state index in [4.69, 9.17) is 0 Å². The van der Waals surface area contributed by atoms with Crippen molar-refractivity contribution in [2.75, 3.05) is 26.2 Å². The molecule has 1 amide bonds. The minimum Gasteiger partial charge on any atom is -0.338 e. The topological polar surface area (TPSA) is 50.2 Å². The Bertz CT molecular complexity index is 681. The second-order valence-electron chi connectivity index (χ2n) is 7.13. The van der Waals surface area contributed by atoms with E-state index in [1.165, 1.54) is 19.3 Å². The van der Waals surface area contributed by atoms with Gasteiger partial charge in [-0.3, -0.25) is 4.79 Å². The standard InChI is InChI=1S/C19H24N4O/c24-18(16-3-5-17(6-4-16)23-12-10-21-15-23)22-11-2-8-19(14-22)7-1-9-20-13-19/h3-6,10,12,15,20H,1-2,7-9,11,13-14H2. The SMILES string of the molecule is O=C(c1ccc(-n2ccnc2)cc1)N1CCCC2(CCCNC2)C1. The maximum Gasteiger partial charge on any atom is 0.253 e. The number of hydrogen-bond donors (Lipinski definition) is 1. The molecule has 2 fully saturated rings. The van der Waals surface area contributed by atoms with Crippen LogP contribution in [0.15, 0.2) is 43.0 Å². The molecule has 1 atom stereocenters. The second kappa shape index (κ2) is 6.40. The molecule has 24 heavy (non-hydrogen) atoms. The summed E-state index contributed by atoms with van der Waals surface area (Å²) in [5.41, 5.74) is 2.10. The molecule has 1 unspecified atom stereocenters. The fraction of sp³-hybridized carbons (Fsp3) is 0.474. The van der Waals surface area contributed by atoms with Gasteiger partial charge in [-0.1, -0.05) is 0 Å². The largest absolute Gasteiger partial charge is 0.338 e. The molecule has 0 bridgehead atoms. The second-order valence-corrected chi connectivity index (χ2v) is 7.13. The highest BCUT2D eigenvalue weighted by atomic mass is 16.2. The van der Waals surface area contributed by atoms with E-state index < -0.39 is 0 Å². The van der Waals surface area contributed by atoms with E-state index in [-0.39, 0.29) is 5.91 Å². The lowest BCUT2D eigenvalue weighted by Gasteiger charge is -2.45. The van der Waals surface area contributed by atoms with Crippen LogP contribution in [0, 0.1) is 5.41 Å². The number of nitrogens with one attached hydrogen (secondary N) is 1. The number of benzene rings is 1. The Morgan fingerprint density at radius 3 is 2.71 bits per heavy atom. The van der Waals surface area contributed by atoms with Crippen molar-refractivity contribution in [3.63, 3.8) is 0 Å². The molecule has 2 saturated heterocycles. The Balaban J connectivity index is 1.48. The van der Waals surface area contributed by atoms with Crippen LogP contribution in [0.2, 0.25) is 0 Å². The van der Waals surface area contributed by atoms with Crippen molar-refractivity contribution < 1.29 is 4.79 Å². The molecule has 0 radical (unpaired) electrons. The molecule has 2 aliphatic rings. The van der Waals surface area contributed by atoms with Crippen molar-refractivity contribution in [1.29, 1.82) is 0 Å². The van der Waals surface area contributed by atoms with Gasteiger partial charge in [0.05, 0.1) is 6.33 Å². The average Bonchev–Trinajstić information content (AvgIpc) is 3.17.